The molecule has 0 aromatic heterocycles. The van der Waals surface area contributed by atoms with Gasteiger partial charge < -0.3 is 10.5 Å². The van der Waals surface area contributed by atoms with E-state index in [9.17, 15) is 0 Å². The Bertz CT molecular complexity index is 520. The number of nitrogens with one attached hydrogen (secondary N) is 1. The summed E-state index contributed by atoms with van der Waals surface area (Å²) in [6.07, 6.45) is 0. The number of benzene rings is 2. The molecule has 0 aliphatic carbocycles. The lowest BCUT2D eigenvalue weighted by atomic mass is 10.1. The molecule has 3 nitrogen and oxygen atoms in total. The van der Waals surface area contributed by atoms with E-state index in [0.29, 0.717) is 0 Å². The first-order valence-electron chi connectivity index (χ1n) is 4.63. The average Bonchev–Trinajstić information content (AvgIpc) is 2.27. The van der Waals surface area contributed by atoms with E-state index in [1.54, 1.807) is 7.11 Å². The van der Waals surface area contributed by atoms with Crippen LogP contribution in [0.4, 0.5) is 0 Å². The van der Waals surface area contributed by atoms with Crippen molar-refractivity contribution in [3.05, 3.63) is 42.0 Å². The lowest BCUT2D eigenvalue weighted by Crippen LogP contribution is -2.10. The molecule has 0 unspecified atom stereocenters. The van der Waals surface area contributed by atoms with Crippen LogP contribution in [0, 0.1) is 5.41 Å². The van der Waals surface area contributed by atoms with Crippen LogP contribution in [0.5, 0.6) is 5.75 Å². The van der Waals surface area contributed by atoms with E-state index in [1.807, 2.05) is 36.4 Å². The van der Waals surface area contributed by atoms with Crippen LogP contribution in [-0.2, 0) is 0 Å². The average molecular weight is 200 g/mol. The van der Waals surface area contributed by atoms with Gasteiger partial charge in [-0.1, -0.05) is 18.2 Å². The molecule has 0 fully saturated rings. The highest BCUT2D eigenvalue weighted by Crippen LogP contribution is 2.21. The maximum absolute atomic E-state index is 7.34. The molecule has 0 saturated heterocycles. The van der Waals surface area contributed by atoms with Crippen LogP contribution in [-0.4, -0.2) is 12.9 Å². The lowest BCUT2D eigenvalue weighted by molar-refractivity contribution is 0.415. The molecule has 0 aliphatic heterocycles. The van der Waals surface area contributed by atoms with Crippen LogP contribution in [0.2, 0.25) is 0 Å². The molecule has 15 heavy (non-hydrogen) atoms. The van der Waals surface area contributed by atoms with Crippen molar-refractivity contribution in [2.75, 3.05) is 7.11 Å². The summed E-state index contributed by atoms with van der Waals surface area (Å²) in [5, 5.41) is 9.48. The van der Waals surface area contributed by atoms with Crippen LogP contribution in [0.25, 0.3) is 10.8 Å². The van der Waals surface area contributed by atoms with Crippen LogP contribution in [0.15, 0.2) is 36.4 Å². The third-order valence-electron chi connectivity index (χ3n) is 2.36. The van der Waals surface area contributed by atoms with E-state index in [4.69, 9.17) is 15.9 Å². The lowest BCUT2D eigenvalue weighted by Gasteiger charge is -2.04. The topological polar surface area (TPSA) is 59.1 Å². The summed E-state index contributed by atoms with van der Waals surface area (Å²) in [4.78, 5) is 0. The smallest absolute Gasteiger partial charge is 0.122 e. The summed E-state index contributed by atoms with van der Waals surface area (Å²) in [7, 11) is 1.64. The molecule has 0 radical (unpaired) electrons. The first-order chi connectivity index (χ1) is 7.20. The fraction of sp³-hybridized carbons (Fsp3) is 0.0833. The van der Waals surface area contributed by atoms with Crippen molar-refractivity contribution < 1.29 is 4.74 Å². The number of hydrogen-bond acceptors (Lipinski definition) is 2. The monoisotopic (exact) mass is 200 g/mol. The van der Waals surface area contributed by atoms with Gasteiger partial charge in [0.2, 0.25) is 0 Å². The quantitative estimate of drug-likeness (QED) is 0.576. The molecular weight excluding hydrogens is 188 g/mol. The predicted octanol–water partition coefficient (Wildman–Crippen LogP) is 2.13. The number of amidine groups is 1. The Hall–Kier alpha value is -2.03. The molecule has 3 N–H and O–H groups in total. The largest absolute Gasteiger partial charge is 0.497 e. The van der Waals surface area contributed by atoms with Gasteiger partial charge in [-0.05, 0) is 29.0 Å². The van der Waals surface area contributed by atoms with Crippen molar-refractivity contribution in [1.82, 2.24) is 0 Å². The molecule has 0 bridgehead atoms. The summed E-state index contributed by atoms with van der Waals surface area (Å²) in [6, 6.07) is 11.5. The Morgan fingerprint density at radius 3 is 2.47 bits per heavy atom. The van der Waals surface area contributed by atoms with Crippen molar-refractivity contribution in [3.63, 3.8) is 0 Å². The van der Waals surface area contributed by atoms with Gasteiger partial charge in [-0.15, -0.1) is 0 Å². The Morgan fingerprint density at radius 1 is 1.13 bits per heavy atom. The van der Waals surface area contributed by atoms with Gasteiger partial charge in [0, 0.05) is 5.56 Å². The van der Waals surface area contributed by atoms with Gasteiger partial charge in [0.1, 0.15) is 11.6 Å². The van der Waals surface area contributed by atoms with Gasteiger partial charge in [0.25, 0.3) is 0 Å². The van der Waals surface area contributed by atoms with Gasteiger partial charge in [0.05, 0.1) is 7.11 Å². The number of nitrogen functional groups attached to an aromatic ring is 1. The maximum Gasteiger partial charge on any atom is 0.122 e. The highest BCUT2D eigenvalue weighted by atomic mass is 16.5. The Labute approximate surface area is 88.0 Å². The van der Waals surface area contributed by atoms with E-state index in [0.717, 1.165) is 22.1 Å². The van der Waals surface area contributed by atoms with Crippen molar-refractivity contribution in [3.8, 4) is 5.75 Å². The minimum Gasteiger partial charge on any atom is -0.497 e. The van der Waals surface area contributed by atoms with Crippen LogP contribution < -0.4 is 10.5 Å². The molecule has 0 spiro atoms. The van der Waals surface area contributed by atoms with E-state index in [2.05, 4.69) is 0 Å². The molecule has 0 heterocycles. The van der Waals surface area contributed by atoms with Crippen molar-refractivity contribution in [2.24, 2.45) is 5.73 Å². The molecule has 3 heteroatoms. The zero-order valence-corrected chi connectivity index (χ0v) is 8.45. The summed E-state index contributed by atoms with van der Waals surface area (Å²) < 4.78 is 5.13. The Morgan fingerprint density at radius 2 is 1.80 bits per heavy atom. The second-order valence-electron chi connectivity index (χ2n) is 3.34. The van der Waals surface area contributed by atoms with Crippen molar-refractivity contribution >= 4 is 16.6 Å². The molecule has 2 aromatic carbocycles. The van der Waals surface area contributed by atoms with Crippen molar-refractivity contribution in [2.45, 2.75) is 0 Å². The van der Waals surface area contributed by atoms with Crippen LogP contribution in [0.1, 0.15) is 5.56 Å². The fourth-order valence-corrected chi connectivity index (χ4v) is 1.52. The number of methoxy groups -OCH3 is 1. The third kappa shape index (κ3) is 1.76. The van der Waals surface area contributed by atoms with Gasteiger partial charge in [-0.25, -0.2) is 0 Å². The van der Waals surface area contributed by atoms with Crippen LogP contribution in [0.3, 0.4) is 0 Å². The van der Waals surface area contributed by atoms with Gasteiger partial charge in [-0.3, -0.25) is 5.41 Å². The Kier molecular flexibility index (Phi) is 2.29. The SMILES string of the molecule is COc1ccc2cc(C(=N)N)ccc2c1. The predicted molar refractivity (Wildman–Crippen MR) is 61.5 cm³/mol. The summed E-state index contributed by atoms with van der Waals surface area (Å²) in [6.45, 7) is 0. The second kappa shape index (κ2) is 3.61. The number of rotatable bonds is 2. The zero-order chi connectivity index (χ0) is 10.8. The number of hydrogen-bond donors (Lipinski definition) is 2. The molecule has 2 aromatic rings. The van der Waals surface area contributed by atoms with Crippen LogP contribution >= 0.6 is 0 Å². The molecule has 0 saturated carbocycles. The summed E-state index contributed by atoms with van der Waals surface area (Å²) in [5.41, 5.74) is 6.16. The molecule has 2 rings (SSSR count). The van der Waals surface area contributed by atoms with E-state index < -0.39 is 0 Å². The first kappa shape index (κ1) is 9.52. The highest BCUT2D eigenvalue weighted by molar-refractivity contribution is 5.99. The third-order valence-corrected chi connectivity index (χ3v) is 2.36. The highest BCUT2D eigenvalue weighted by Gasteiger charge is 2.00. The molecular formula is C12H12N2O. The Balaban J connectivity index is 2.59. The van der Waals surface area contributed by atoms with Gasteiger partial charge in [-0.2, -0.15) is 0 Å². The minimum atomic E-state index is 0.0905. The van der Waals surface area contributed by atoms with E-state index >= 15 is 0 Å². The summed E-state index contributed by atoms with van der Waals surface area (Å²) >= 11 is 0. The zero-order valence-electron chi connectivity index (χ0n) is 8.45. The fourth-order valence-electron chi connectivity index (χ4n) is 1.52. The number of fused-ring (bicyclic) bond motifs is 1. The van der Waals surface area contributed by atoms with Gasteiger partial charge >= 0.3 is 0 Å². The van der Waals surface area contributed by atoms with Crippen molar-refractivity contribution in [1.29, 1.82) is 5.41 Å². The number of ether oxygens (including phenoxy) is 1. The molecule has 0 atom stereocenters. The van der Waals surface area contributed by atoms with E-state index in [1.165, 1.54) is 0 Å². The molecule has 0 aliphatic rings. The standard InChI is InChI=1S/C12H12N2O/c1-15-11-5-4-8-6-10(12(13)14)3-2-9(8)7-11/h2-7H,1H3,(H3,13,14). The summed E-state index contributed by atoms with van der Waals surface area (Å²) in [5.74, 6) is 0.922. The van der Waals surface area contributed by atoms with E-state index in [-0.39, 0.29) is 5.84 Å². The normalized spacial score (nSPS) is 10.2. The first-order valence-corrected chi connectivity index (χ1v) is 4.63. The second-order valence-corrected chi connectivity index (χ2v) is 3.34. The van der Waals surface area contributed by atoms with Gasteiger partial charge in [0.15, 0.2) is 0 Å². The maximum atomic E-state index is 7.34. The molecule has 76 valence electrons. The number of nitrogens with two attached hydrogens (primary N) is 1. The minimum absolute atomic E-state index is 0.0905. The molecule has 0 amide bonds.